The van der Waals surface area contributed by atoms with Crippen molar-refractivity contribution in [2.24, 2.45) is 0 Å². The van der Waals surface area contributed by atoms with Gasteiger partial charge in [-0.2, -0.15) is 13.2 Å². The number of aryl methyl sites for hydroxylation is 1. The molecule has 1 aliphatic rings. The van der Waals surface area contributed by atoms with Crippen LogP contribution in [0.3, 0.4) is 0 Å². The summed E-state index contributed by atoms with van der Waals surface area (Å²) in [4.78, 5) is 3.80. The van der Waals surface area contributed by atoms with Crippen LogP contribution in [0.15, 0.2) is 24.3 Å². The number of nitrogens with two attached hydrogens (primary N) is 1. The second kappa shape index (κ2) is 4.65. The molecule has 6 heteroatoms. The van der Waals surface area contributed by atoms with E-state index in [2.05, 4.69) is 4.98 Å². The molecule has 21 heavy (non-hydrogen) atoms. The number of hydrogen-bond donors (Lipinski definition) is 1. The lowest BCUT2D eigenvalue weighted by Crippen LogP contribution is -2.15. The predicted molar refractivity (Wildman–Crippen MR) is 73.0 cm³/mol. The van der Waals surface area contributed by atoms with Gasteiger partial charge >= 0.3 is 6.18 Å². The largest absolute Gasteiger partial charge is 0.497 e. The van der Waals surface area contributed by atoms with Crippen molar-refractivity contribution < 1.29 is 17.9 Å². The Balaban J connectivity index is 2.24. The molecular weight excluding hydrogens is 281 g/mol. The highest BCUT2D eigenvalue weighted by Crippen LogP contribution is 2.39. The third-order valence-corrected chi connectivity index (χ3v) is 3.67. The monoisotopic (exact) mass is 294 g/mol. The van der Waals surface area contributed by atoms with Crippen LogP contribution >= 0.6 is 0 Å². The maximum absolute atomic E-state index is 12.9. The molecule has 1 heterocycles. The van der Waals surface area contributed by atoms with Gasteiger partial charge in [0.15, 0.2) is 0 Å². The molecule has 1 aromatic carbocycles. The number of nitrogen functional groups attached to an aromatic ring is 1. The molecule has 0 radical (unpaired) electrons. The molecule has 3 rings (SSSR count). The average molecular weight is 294 g/mol. The van der Waals surface area contributed by atoms with Crippen LogP contribution in [-0.4, -0.2) is 12.1 Å². The van der Waals surface area contributed by atoms with Crippen molar-refractivity contribution in [1.29, 1.82) is 0 Å². The van der Waals surface area contributed by atoms with E-state index in [1.807, 2.05) is 6.07 Å². The molecule has 0 fully saturated rings. The molecule has 2 aromatic rings. The highest BCUT2D eigenvalue weighted by molar-refractivity contribution is 5.76. The van der Waals surface area contributed by atoms with Crippen molar-refractivity contribution in [1.82, 2.24) is 4.98 Å². The number of benzene rings is 1. The molecule has 0 saturated carbocycles. The van der Waals surface area contributed by atoms with E-state index in [0.717, 1.165) is 18.1 Å². The van der Waals surface area contributed by atoms with Gasteiger partial charge in [0, 0.05) is 16.8 Å². The first kappa shape index (κ1) is 13.7. The van der Waals surface area contributed by atoms with Crippen LogP contribution in [0.5, 0.6) is 5.75 Å². The second-order valence-electron chi connectivity index (χ2n) is 4.94. The van der Waals surface area contributed by atoms with Gasteiger partial charge in [-0.25, -0.2) is 4.98 Å². The summed E-state index contributed by atoms with van der Waals surface area (Å²) >= 11 is 0. The zero-order chi connectivity index (χ0) is 15.2. The van der Waals surface area contributed by atoms with Gasteiger partial charge in [0.2, 0.25) is 0 Å². The summed E-state index contributed by atoms with van der Waals surface area (Å²) in [5.74, 6) is 0.583. The van der Waals surface area contributed by atoms with Gasteiger partial charge in [-0.05, 0) is 36.6 Å². The molecule has 3 nitrogen and oxygen atoms in total. The summed E-state index contributed by atoms with van der Waals surface area (Å²) < 4.78 is 43.9. The number of alkyl halides is 3. The van der Waals surface area contributed by atoms with E-state index in [4.69, 9.17) is 10.5 Å². The minimum atomic E-state index is -4.51. The SMILES string of the molecule is COc1ccc2c(c1)-c1nc(C(F)(F)F)cc(N)c1CC2. The Morgan fingerprint density at radius 2 is 1.95 bits per heavy atom. The molecule has 2 N–H and O–H groups in total. The van der Waals surface area contributed by atoms with Gasteiger partial charge in [0.05, 0.1) is 12.8 Å². The van der Waals surface area contributed by atoms with E-state index in [9.17, 15) is 13.2 Å². The molecule has 0 saturated heterocycles. The molecule has 110 valence electrons. The molecule has 0 bridgehead atoms. The number of methoxy groups -OCH3 is 1. The first-order chi connectivity index (χ1) is 9.90. The molecule has 0 spiro atoms. The highest BCUT2D eigenvalue weighted by Gasteiger charge is 2.35. The number of hydrogen-bond acceptors (Lipinski definition) is 3. The maximum Gasteiger partial charge on any atom is 0.433 e. The molecule has 0 atom stereocenters. The van der Waals surface area contributed by atoms with Crippen molar-refractivity contribution in [3.63, 3.8) is 0 Å². The van der Waals surface area contributed by atoms with Crippen LogP contribution in [0, 0.1) is 0 Å². The second-order valence-corrected chi connectivity index (χ2v) is 4.94. The lowest BCUT2D eigenvalue weighted by Gasteiger charge is -2.22. The summed E-state index contributed by atoms with van der Waals surface area (Å²) in [6.45, 7) is 0. The summed E-state index contributed by atoms with van der Waals surface area (Å²) in [6.07, 6.45) is -3.20. The highest BCUT2D eigenvalue weighted by atomic mass is 19.4. The van der Waals surface area contributed by atoms with Gasteiger partial charge in [-0.3, -0.25) is 0 Å². The van der Waals surface area contributed by atoms with Gasteiger partial charge in [-0.1, -0.05) is 6.07 Å². The number of ether oxygens (including phenoxy) is 1. The number of aromatic nitrogens is 1. The van der Waals surface area contributed by atoms with E-state index in [0.29, 0.717) is 29.0 Å². The van der Waals surface area contributed by atoms with Crippen molar-refractivity contribution in [2.75, 3.05) is 12.8 Å². The number of rotatable bonds is 1. The summed E-state index contributed by atoms with van der Waals surface area (Å²) in [5, 5.41) is 0. The quantitative estimate of drug-likeness (QED) is 0.876. The van der Waals surface area contributed by atoms with Crippen LogP contribution in [0.4, 0.5) is 18.9 Å². The van der Waals surface area contributed by atoms with Gasteiger partial charge in [-0.15, -0.1) is 0 Å². The Morgan fingerprint density at radius 1 is 1.19 bits per heavy atom. The topological polar surface area (TPSA) is 48.1 Å². The van der Waals surface area contributed by atoms with Crippen molar-refractivity contribution in [3.8, 4) is 17.0 Å². The molecule has 0 aliphatic heterocycles. The number of pyridine rings is 1. The normalized spacial score (nSPS) is 13.5. The number of anilines is 1. The molecular formula is C15H13F3N2O. The number of nitrogens with zero attached hydrogens (tertiary/aromatic N) is 1. The molecule has 0 amide bonds. The Bertz CT molecular complexity index is 711. The van der Waals surface area contributed by atoms with Crippen LogP contribution < -0.4 is 10.5 Å². The third kappa shape index (κ3) is 2.30. The van der Waals surface area contributed by atoms with Gasteiger partial charge in [0.25, 0.3) is 0 Å². The van der Waals surface area contributed by atoms with Crippen LogP contribution in [0.2, 0.25) is 0 Å². The Hall–Kier alpha value is -2.24. The molecule has 0 unspecified atom stereocenters. The minimum absolute atomic E-state index is 0.140. The Morgan fingerprint density at radius 3 is 2.62 bits per heavy atom. The minimum Gasteiger partial charge on any atom is -0.497 e. The van der Waals surface area contributed by atoms with E-state index >= 15 is 0 Å². The van der Waals surface area contributed by atoms with Gasteiger partial charge in [0.1, 0.15) is 11.4 Å². The third-order valence-electron chi connectivity index (χ3n) is 3.67. The van der Waals surface area contributed by atoms with E-state index < -0.39 is 11.9 Å². The van der Waals surface area contributed by atoms with E-state index in [-0.39, 0.29) is 5.69 Å². The first-order valence-electron chi connectivity index (χ1n) is 6.44. The van der Waals surface area contributed by atoms with E-state index in [1.54, 1.807) is 12.1 Å². The Kier molecular flexibility index (Phi) is 3.04. The number of halogens is 3. The fraction of sp³-hybridized carbons (Fsp3) is 0.267. The average Bonchev–Trinajstić information content (AvgIpc) is 2.45. The smallest absolute Gasteiger partial charge is 0.433 e. The summed E-state index contributed by atoms with van der Waals surface area (Å²) in [6, 6.07) is 6.26. The van der Waals surface area contributed by atoms with Crippen LogP contribution in [-0.2, 0) is 19.0 Å². The molecule has 1 aliphatic carbocycles. The predicted octanol–water partition coefficient (Wildman–Crippen LogP) is 3.46. The van der Waals surface area contributed by atoms with Crippen molar-refractivity contribution in [3.05, 3.63) is 41.1 Å². The number of fused-ring (bicyclic) bond motifs is 3. The Labute approximate surface area is 119 Å². The standard InChI is InChI=1S/C15H13F3N2O/c1-21-9-4-2-8-3-5-10-12(19)7-13(15(16,17)18)20-14(10)11(8)6-9/h2,4,6-7H,3,5H2,1H3,(H2,19,20). The van der Waals surface area contributed by atoms with Crippen molar-refractivity contribution in [2.45, 2.75) is 19.0 Å². The van der Waals surface area contributed by atoms with Crippen LogP contribution in [0.1, 0.15) is 16.8 Å². The fourth-order valence-electron chi connectivity index (χ4n) is 2.60. The summed E-state index contributed by atoms with van der Waals surface area (Å²) in [7, 11) is 1.51. The van der Waals surface area contributed by atoms with Crippen molar-refractivity contribution >= 4 is 5.69 Å². The first-order valence-corrected chi connectivity index (χ1v) is 6.44. The zero-order valence-corrected chi connectivity index (χ0v) is 11.3. The maximum atomic E-state index is 12.9. The van der Waals surface area contributed by atoms with Gasteiger partial charge < -0.3 is 10.5 Å². The molecule has 1 aromatic heterocycles. The fourth-order valence-corrected chi connectivity index (χ4v) is 2.60. The zero-order valence-electron chi connectivity index (χ0n) is 11.3. The van der Waals surface area contributed by atoms with Crippen LogP contribution in [0.25, 0.3) is 11.3 Å². The summed E-state index contributed by atoms with van der Waals surface area (Å²) in [5.41, 5.74) is 7.56. The lowest BCUT2D eigenvalue weighted by atomic mass is 9.88. The van der Waals surface area contributed by atoms with E-state index in [1.165, 1.54) is 7.11 Å². The lowest BCUT2D eigenvalue weighted by molar-refractivity contribution is -0.141.